The van der Waals surface area contributed by atoms with Crippen LogP contribution in [-0.4, -0.2) is 55.4 Å². The zero-order chi connectivity index (χ0) is 17.3. The topological polar surface area (TPSA) is 57.7 Å². The molecule has 3 rings (SSSR count). The van der Waals surface area contributed by atoms with E-state index in [0.717, 1.165) is 35.7 Å². The Morgan fingerprint density at radius 1 is 1.12 bits per heavy atom. The summed E-state index contributed by atoms with van der Waals surface area (Å²) in [4.78, 5) is 13.8. The standard InChI is InChI=1S/C16H20F2N2O3S/c17-12-10-14(16(21)19-8-4-1-5-9-19)20(11-12)24(22,23)15-7-3-2-6-13(15)18/h2-3,6-7,12,14H,1,4-5,8-11H2/t12-,14-/m0/s1. The highest BCUT2D eigenvalue weighted by atomic mass is 32.2. The average molecular weight is 358 g/mol. The van der Waals surface area contributed by atoms with Crippen molar-refractivity contribution in [1.82, 2.24) is 9.21 Å². The van der Waals surface area contributed by atoms with E-state index in [1.807, 2.05) is 0 Å². The van der Waals surface area contributed by atoms with E-state index in [4.69, 9.17) is 0 Å². The molecule has 2 heterocycles. The summed E-state index contributed by atoms with van der Waals surface area (Å²) in [7, 11) is -4.26. The second-order valence-electron chi connectivity index (χ2n) is 6.24. The van der Waals surface area contributed by atoms with Crippen molar-refractivity contribution in [3.8, 4) is 0 Å². The Morgan fingerprint density at radius 3 is 2.46 bits per heavy atom. The molecule has 2 atom stereocenters. The van der Waals surface area contributed by atoms with Gasteiger partial charge in [0, 0.05) is 26.1 Å². The molecule has 2 aliphatic heterocycles. The molecular weight excluding hydrogens is 338 g/mol. The van der Waals surface area contributed by atoms with Gasteiger partial charge in [0.1, 0.15) is 22.9 Å². The van der Waals surface area contributed by atoms with Crippen LogP contribution >= 0.6 is 0 Å². The molecule has 2 fully saturated rings. The van der Waals surface area contributed by atoms with Crippen LogP contribution in [0.15, 0.2) is 29.2 Å². The number of alkyl halides is 1. The highest BCUT2D eigenvalue weighted by Gasteiger charge is 2.46. The summed E-state index contributed by atoms with van der Waals surface area (Å²) in [6.07, 6.45) is 1.14. The van der Waals surface area contributed by atoms with Crippen LogP contribution in [0.5, 0.6) is 0 Å². The molecule has 0 aliphatic carbocycles. The fraction of sp³-hybridized carbons (Fsp3) is 0.562. The number of likely N-dealkylation sites (tertiary alicyclic amines) is 1. The Labute approximate surface area is 140 Å². The Balaban J connectivity index is 1.90. The third-order valence-electron chi connectivity index (χ3n) is 4.58. The number of hydrogen-bond donors (Lipinski definition) is 0. The van der Waals surface area contributed by atoms with E-state index in [1.165, 1.54) is 12.1 Å². The van der Waals surface area contributed by atoms with Crippen LogP contribution < -0.4 is 0 Å². The number of nitrogens with zero attached hydrogens (tertiary/aromatic N) is 2. The minimum Gasteiger partial charge on any atom is -0.341 e. The maximum Gasteiger partial charge on any atom is 0.246 e. The van der Waals surface area contributed by atoms with Crippen LogP contribution in [-0.2, 0) is 14.8 Å². The first-order chi connectivity index (χ1) is 11.4. The largest absolute Gasteiger partial charge is 0.341 e. The predicted octanol–water partition coefficient (Wildman–Crippen LogP) is 1.94. The normalized spacial score (nSPS) is 25.8. The van der Waals surface area contributed by atoms with Crippen molar-refractivity contribution < 1.29 is 22.0 Å². The zero-order valence-corrected chi connectivity index (χ0v) is 14.0. The van der Waals surface area contributed by atoms with Gasteiger partial charge in [0.05, 0.1) is 0 Å². The molecule has 8 heteroatoms. The van der Waals surface area contributed by atoms with Crippen molar-refractivity contribution in [3.63, 3.8) is 0 Å². The number of carbonyl (C=O) groups excluding carboxylic acids is 1. The number of rotatable bonds is 3. The van der Waals surface area contributed by atoms with Gasteiger partial charge in [-0.2, -0.15) is 4.31 Å². The lowest BCUT2D eigenvalue weighted by molar-refractivity contribution is -0.135. The van der Waals surface area contributed by atoms with Gasteiger partial charge < -0.3 is 4.90 Å². The number of benzene rings is 1. The molecule has 2 aliphatic rings. The van der Waals surface area contributed by atoms with Crippen LogP contribution in [0.25, 0.3) is 0 Å². The van der Waals surface area contributed by atoms with Gasteiger partial charge in [0.25, 0.3) is 0 Å². The lowest BCUT2D eigenvalue weighted by Gasteiger charge is -2.32. The van der Waals surface area contributed by atoms with E-state index >= 15 is 0 Å². The smallest absolute Gasteiger partial charge is 0.246 e. The molecular formula is C16H20F2N2O3S. The van der Waals surface area contributed by atoms with E-state index in [1.54, 1.807) is 4.90 Å². The Kier molecular flexibility index (Phi) is 4.87. The average Bonchev–Trinajstić information content (AvgIpc) is 2.98. The van der Waals surface area contributed by atoms with Crippen LogP contribution in [0.1, 0.15) is 25.7 Å². The molecule has 0 N–H and O–H groups in total. The third-order valence-corrected chi connectivity index (χ3v) is 6.49. The number of carbonyl (C=O) groups is 1. The number of hydrogen-bond acceptors (Lipinski definition) is 3. The Bertz CT molecular complexity index is 720. The number of sulfonamides is 1. The third kappa shape index (κ3) is 3.17. The lowest BCUT2D eigenvalue weighted by Crippen LogP contribution is -2.49. The van der Waals surface area contributed by atoms with E-state index in [9.17, 15) is 22.0 Å². The van der Waals surface area contributed by atoms with Crippen molar-refractivity contribution in [2.45, 2.75) is 42.8 Å². The highest BCUT2D eigenvalue weighted by Crippen LogP contribution is 2.30. The van der Waals surface area contributed by atoms with Crippen molar-refractivity contribution >= 4 is 15.9 Å². The summed E-state index contributed by atoms with van der Waals surface area (Å²) in [6, 6.07) is 3.87. The van der Waals surface area contributed by atoms with Crippen molar-refractivity contribution in [2.24, 2.45) is 0 Å². The maximum absolute atomic E-state index is 13.9. The molecule has 0 spiro atoms. The predicted molar refractivity (Wildman–Crippen MR) is 84.0 cm³/mol. The van der Waals surface area contributed by atoms with E-state index < -0.39 is 39.5 Å². The number of halogens is 2. The molecule has 5 nitrogen and oxygen atoms in total. The summed E-state index contributed by atoms with van der Waals surface area (Å²) >= 11 is 0. The van der Waals surface area contributed by atoms with Crippen LogP contribution in [0.2, 0.25) is 0 Å². The van der Waals surface area contributed by atoms with E-state index in [0.29, 0.717) is 13.1 Å². The van der Waals surface area contributed by atoms with Crippen molar-refractivity contribution in [1.29, 1.82) is 0 Å². The molecule has 1 aromatic carbocycles. The van der Waals surface area contributed by atoms with Crippen molar-refractivity contribution in [2.75, 3.05) is 19.6 Å². The molecule has 132 valence electrons. The molecule has 0 unspecified atom stereocenters. The highest BCUT2D eigenvalue weighted by molar-refractivity contribution is 7.89. The van der Waals surface area contributed by atoms with Gasteiger partial charge in [0.2, 0.25) is 15.9 Å². The SMILES string of the molecule is O=C([C@@H]1C[C@H](F)CN1S(=O)(=O)c1ccccc1F)N1CCCCC1. The zero-order valence-electron chi connectivity index (χ0n) is 13.2. The quantitative estimate of drug-likeness (QED) is 0.830. The Hall–Kier alpha value is -1.54. The van der Waals surface area contributed by atoms with Crippen LogP contribution in [0.4, 0.5) is 8.78 Å². The maximum atomic E-state index is 13.9. The van der Waals surface area contributed by atoms with Gasteiger partial charge in [0.15, 0.2) is 0 Å². The van der Waals surface area contributed by atoms with Crippen LogP contribution in [0.3, 0.4) is 0 Å². The minimum atomic E-state index is -4.26. The van der Waals surface area contributed by atoms with Crippen molar-refractivity contribution in [3.05, 3.63) is 30.1 Å². The minimum absolute atomic E-state index is 0.178. The molecule has 2 saturated heterocycles. The first kappa shape index (κ1) is 17.3. The summed E-state index contributed by atoms with van der Waals surface area (Å²) in [6.45, 7) is 0.695. The molecule has 24 heavy (non-hydrogen) atoms. The second kappa shape index (κ2) is 6.76. The monoisotopic (exact) mass is 358 g/mol. The van der Waals surface area contributed by atoms with E-state index in [2.05, 4.69) is 0 Å². The van der Waals surface area contributed by atoms with Gasteiger partial charge in [-0.05, 0) is 31.4 Å². The first-order valence-electron chi connectivity index (χ1n) is 8.10. The summed E-state index contributed by atoms with van der Waals surface area (Å²) in [5.74, 6) is -1.28. The van der Waals surface area contributed by atoms with Gasteiger partial charge in [-0.3, -0.25) is 4.79 Å². The molecule has 1 aromatic rings. The fourth-order valence-electron chi connectivity index (χ4n) is 3.35. The fourth-order valence-corrected chi connectivity index (χ4v) is 5.04. The van der Waals surface area contributed by atoms with Gasteiger partial charge in [-0.25, -0.2) is 17.2 Å². The summed E-state index contributed by atoms with van der Waals surface area (Å²) in [5.41, 5.74) is 0. The molecule has 0 radical (unpaired) electrons. The van der Waals surface area contributed by atoms with E-state index in [-0.39, 0.29) is 12.3 Å². The first-order valence-corrected chi connectivity index (χ1v) is 9.54. The molecule has 0 aromatic heterocycles. The van der Waals surface area contributed by atoms with Crippen LogP contribution in [0, 0.1) is 5.82 Å². The van der Waals surface area contributed by atoms with Gasteiger partial charge in [-0.15, -0.1) is 0 Å². The number of amides is 1. The molecule has 0 bridgehead atoms. The lowest BCUT2D eigenvalue weighted by atomic mass is 10.1. The molecule has 1 amide bonds. The van der Waals surface area contributed by atoms with Gasteiger partial charge >= 0.3 is 0 Å². The second-order valence-corrected chi connectivity index (χ2v) is 8.10. The van der Waals surface area contributed by atoms with Gasteiger partial charge in [-0.1, -0.05) is 12.1 Å². The number of piperidine rings is 1. The summed E-state index contributed by atoms with van der Waals surface area (Å²) < 4.78 is 54.2. The molecule has 0 saturated carbocycles. The Morgan fingerprint density at radius 2 is 1.79 bits per heavy atom. The summed E-state index contributed by atoms with van der Waals surface area (Å²) in [5, 5.41) is 0.